The quantitative estimate of drug-likeness (QED) is 0.165. The second-order valence-electron chi connectivity index (χ2n) is 7.49. The average Bonchev–Trinajstić information content (AvgIpc) is 2.79. The summed E-state index contributed by atoms with van der Waals surface area (Å²) in [5.74, 6) is -5.84. The van der Waals surface area contributed by atoms with E-state index in [1.165, 1.54) is 18.2 Å². The van der Waals surface area contributed by atoms with Crippen LogP contribution in [0.1, 0.15) is 19.4 Å². The summed E-state index contributed by atoms with van der Waals surface area (Å²) in [6.07, 6.45) is 0. The normalized spacial score (nSPS) is 11.9. The molecule has 0 amide bonds. The van der Waals surface area contributed by atoms with Gasteiger partial charge in [0.05, 0.1) is 10.7 Å². The number of nitrogens with one attached hydrogen (secondary N) is 1. The molecule has 0 heterocycles. The topological polar surface area (TPSA) is 47.6 Å². The molecule has 1 atom stereocenters. The van der Waals surface area contributed by atoms with Crippen molar-refractivity contribution in [2.24, 2.45) is 5.92 Å². The van der Waals surface area contributed by atoms with Crippen molar-refractivity contribution in [2.75, 3.05) is 5.32 Å². The van der Waals surface area contributed by atoms with Gasteiger partial charge in [0.15, 0.2) is 17.5 Å². The molecule has 3 rings (SSSR count). The largest absolute Gasteiger partial charge is 0.459 e. The Bertz CT molecular complexity index is 1140. The fourth-order valence-corrected chi connectivity index (χ4v) is 3.12. The van der Waals surface area contributed by atoms with Gasteiger partial charge in [-0.2, -0.15) is 0 Å². The molecule has 0 aromatic heterocycles. The van der Waals surface area contributed by atoms with Crippen LogP contribution in [0.2, 0.25) is 5.02 Å². The van der Waals surface area contributed by atoms with E-state index >= 15 is 0 Å². The molecule has 9 heteroatoms. The molecular formula is C24H20ClF4NO3. The third kappa shape index (κ3) is 5.96. The van der Waals surface area contributed by atoms with Crippen molar-refractivity contribution in [3.8, 4) is 11.5 Å². The van der Waals surface area contributed by atoms with Crippen LogP contribution in [-0.2, 0) is 16.1 Å². The predicted octanol–water partition coefficient (Wildman–Crippen LogP) is 6.87. The zero-order valence-corrected chi connectivity index (χ0v) is 18.4. The Labute approximate surface area is 193 Å². The van der Waals surface area contributed by atoms with Crippen molar-refractivity contribution >= 4 is 23.3 Å². The highest BCUT2D eigenvalue weighted by Gasteiger charge is 2.27. The maximum absolute atomic E-state index is 14.2. The van der Waals surface area contributed by atoms with Crippen LogP contribution in [-0.4, -0.2) is 12.0 Å². The molecule has 0 aliphatic rings. The number of para-hydroxylation sites is 1. The van der Waals surface area contributed by atoms with Gasteiger partial charge in [0.25, 0.3) is 0 Å². The van der Waals surface area contributed by atoms with E-state index in [0.29, 0.717) is 11.5 Å². The Morgan fingerprint density at radius 3 is 2.30 bits per heavy atom. The van der Waals surface area contributed by atoms with Crippen molar-refractivity contribution < 1.29 is 31.8 Å². The lowest BCUT2D eigenvalue weighted by molar-refractivity contribution is -0.147. The number of anilines is 1. The average molecular weight is 482 g/mol. The van der Waals surface area contributed by atoms with Crippen LogP contribution < -0.4 is 10.1 Å². The highest BCUT2D eigenvalue weighted by molar-refractivity contribution is 6.31. The summed E-state index contributed by atoms with van der Waals surface area (Å²) < 4.78 is 66.3. The Balaban J connectivity index is 1.72. The Kier molecular flexibility index (Phi) is 7.81. The molecule has 0 radical (unpaired) electrons. The van der Waals surface area contributed by atoms with Gasteiger partial charge in [-0.1, -0.05) is 43.6 Å². The van der Waals surface area contributed by atoms with Crippen LogP contribution in [0.15, 0.2) is 54.6 Å². The molecule has 1 N–H and O–H groups in total. The standard InChI is InChI=1S/C24H20ClF4NO3/c1-13(2)23(30-19-11-17(25)20(27)22(29)21(19)28)24(31)32-12-14-10-16(8-9-18(14)26)33-15-6-4-3-5-7-15/h3-11,13,23,30H,12H2,1-2H3. The first-order valence-corrected chi connectivity index (χ1v) is 10.3. The molecule has 0 aliphatic carbocycles. The smallest absolute Gasteiger partial charge is 0.329 e. The summed E-state index contributed by atoms with van der Waals surface area (Å²) in [5, 5.41) is 1.84. The number of benzene rings is 3. The third-order valence-electron chi connectivity index (χ3n) is 4.70. The van der Waals surface area contributed by atoms with Gasteiger partial charge in [-0.15, -0.1) is 0 Å². The molecule has 174 valence electrons. The fourth-order valence-electron chi connectivity index (χ4n) is 2.93. The van der Waals surface area contributed by atoms with Gasteiger partial charge in [0, 0.05) is 5.56 Å². The van der Waals surface area contributed by atoms with Gasteiger partial charge in [-0.25, -0.2) is 22.4 Å². The van der Waals surface area contributed by atoms with Crippen molar-refractivity contribution in [1.29, 1.82) is 0 Å². The second-order valence-corrected chi connectivity index (χ2v) is 7.90. The fraction of sp³-hybridized carbons (Fsp3) is 0.208. The molecule has 33 heavy (non-hydrogen) atoms. The van der Waals surface area contributed by atoms with Gasteiger partial charge in [-0.05, 0) is 42.3 Å². The van der Waals surface area contributed by atoms with Gasteiger partial charge in [-0.3, -0.25) is 0 Å². The van der Waals surface area contributed by atoms with Crippen molar-refractivity contribution in [1.82, 2.24) is 0 Å². The SMILES string of the molecule is CC(C)C(Nc1cc(Cl)c(F)c(F)c1F)C(=O)OCc1cc(Oc2ccccc2)ccc1F. The van der Waals surface area contributed by atoms with E-state index in [1.54, 1.807) is 38.1 Å². The second kappa shape index (κ2) is 10.6. The molecule has 0 aliphatic heterocycles. The summed E-state index contributed by atoms with van der Waals surface area (Å²) in [6.45, 7) is 2.84. The first kappa shape index (κ1) is 24.4. The first-order chi connectivity index (χ1) is 15.7. The van der Waals surface area contributed by atoms with Crippen molar-refractivity contribution in [2.45, 2.75) is 26.5 Å². The lowest BCUT2D eigenvalue weighted by Gasteiger charge is -2.22. The number of hydrogen-bond acceptors (Lipinski definition) is 4. The van der Waals surface area contributed by atoms with Crippen LogP contribution in [0.3, 0.4) is 0 Å². The van der Waals surface area contributed by atoms with Crippen LogP contribution in [0.25, 0.3) is 0 Å². The van der Waals surface area contributed by atoms with Crippen LogP contribution >= 0.6 is 11.6 Å². The van der Waals surface area contributed by atoms with Gasteiger partial charge in [0.2, 0.25) is 0 Å². The lowest BCUT2D eigenvalue weighted by atomic mass is 10.0. The van der Waals surface area contributed by atoms with E-state index in [9.17, 15) is 22.4 Å². The summed E-state index contributed by atoms with van der Waals surface area (Å²) in [5.41, 5.74) is -0.444. The van der Waals surface area contributed by atoms with Gasteiger partial charge < -0.3 is 14.8 Å². The predicted molar refractivity (Wildman–Crippen MR) is 116 cm³/mol. The van der Waals surface area contributed by atoms with Crippen molar-refractivity contribution in [3.05, 3.63) is 88.5 Å². The van der Waals surface area contributed by atoms with E-state index < -0.39 is 58.5 Å². The molecular weight excluding hydrogens is 462 g/mol. The first-order valence-electron chi connectivity index (χ1n) is 9.95. The number of carbonyl (C=O) groups excluding carboxylic acids is 1. The lowest BCUT2D eigenvalue weighted by Crippen LogP contribution is -2.36. The Morgan fingerprint density at radius 1 is 0.939 bits per heavy atom. The molecule has 1 unspecified atom stereocenters. The number of ether oxygens (including phenoxy) is 2. The van der Waals surface area contributed by atoms with Gasteiger partial charge in [0.1, 0.15) is 30.0 Å². The summed E-state index contributed by atoms with van der Waals surface area (Å²) >= 11 is 5.57. The zero-order valence-electron chi connectivity index (χ0n) is 17.7. The molecule has 0 saturated heterocycles. The summed E-state index contributed by atoms with van der Waals surface area (Å²) in [4.78, 5) is 12.6. The molecule has 0 spiro atoms. The van der Waals surface area contributed by atoms with E-state index in [2.05, 4.69) is 5.32 Å². The summed E-state index contributed by atoms with van der Waals surface area (Å²) in [6, 6.07) is 12.5. The number of esters is 1. The third-order valence-corrected chi connectivity index (χ3v) is 4.98. The molecule has 3 aromatic rings. The number of halogens is 5. The van der Waals surface area contributed by atoms with Crippen molar-refractivity contribution in [3.63, 3.8) is 0 Å². The number of rotatable bonds is 8. The summed E-state index contributed by atoms with van der Waals surface area (Å²) in [7, 11) is 0. The van der Waals surface area contributed by atoms with E-state index in [0.717, 1.165) is 6.07 Å². The minimum Gasteiger partial charge on any atom is -0.459 e. The Hall–Kier alpha value is -3.26. The number of carbonyl (C=O) groups is 1. The van der Waals surface area contributed by atoms with Gasteiger partial charge >= 0.3 is 5.97 Å². The van der Waals surface area contributed by atoms with Crippen LogP contribution in [0.4, 0.5) is 23.2 Å². The maximum Gasteiger partial charge on any atom is 0.329 e. The molecule has 0 bridgehead atoms. The van der Waals surface area contributed by atoms with Crippen LogP contribution in [0, 0.1) is 29.2 Å². The Morgan fingerprint density at radius 2 is 1.64 bits per heavy atom. The maximum atomic E-state index is 14.2. The van der Waals surface area contributed by atoms with E-state index in [4.69, 9.17) is 21.1 Å². The zero-order chi connectivity index (χ0) is 24.1. The molecule has 0 fully saturated rings. The van der Waals surface area contributed by atoms with E-state index in [1.807, 2.05) is 6.07 Å². The molecule has 3 aromatic carbocycles. The number of hydrogen-bond donors (Lipinski definition) is 1. The highest BCUT2D eigenvalue weighted by Crippen LogP contribution is 2.29. The van der Waals surface area contributed by atoms with E-state index in [-0.39, 0.29) is 5.56 Å². The minimum atomic E-state index is -1.77. The molecule has 4 nitrogen and oxygen atoms in total. The van der Waals surface area contributed by atoms with Crippen LogP contribution in [0.5, 0.6) is 11.5 Å². The monoisotopic (exact) mass is 481 g/mol. The highest BCUT2D eigenvalue weighted by atomic mass is 35.5. The minimum absolute atomic E-state index is 0.0568. The molecule has 0 saturated carbocycles.